The lowest BCUT2D eigenvalue weighted by molar-refractivity contribution is 0.0798. The quantitative estimate of drug-likeness (QED) is 0.840. The molecule has 0 atom stereocenters. The van der Waals surface area contributed by atoms with E-state index in [1.54, 1.807) is 0 Å². The molecule has 0 bridgehead atoms. The average molecular weight is 272 g/mol. The summed E-state index contributed by atoms with van der Waals surface area (Å²) < 4.78 is 0. The molecule has 1 aromatic heterocycles. The Balaban J connectivity index is 2.00. The van der Waals surface area contributed by atoms with Crippen molar-refractivity contribution in [3.05, 3.63) is 40.2 Å². The summed E-state index contributed by atoms with van der Waals surface area (Å²) >= 11 is 1.50. The van der Waals surface area contributed by atoms with Gasteiger partial charge in [0, 0.05) is 18.7 Å². The molecule has 0 radical (unpaired) electrons. The van der Waals surface area contributed by atoms with Crippen LogP contribution in [-0.4, -0.2) is 28.9 Å². The number of hydrogen-bond donors (Lipinski definition) is 0. The number of nitrogens with zero attached hydrogens (tertiary/aromatic N) is 2. The first kappa shape index (κ1) is 12.4. The fraction of sp³-hybridized carbons (Fsp3) is 0.333. The number of thiazole rings is 1. The predicted molar refractivity (Wildman–Crippen MR) is 77.4 cm³/mol. The summed E-state index contributed by atoms with van der Waals surface area (Å²) in [6.07, 6.45) is 2.23. The molecular formula is C15H16N2OS. The molecule has 1 aliphatic heterocycles. The minimum atomic E-state index is 0.141. The Bertz CT molecular complexity index is 585. The largest absolute Gasteiger partial charge is 0.338 e. The first-order chi connectivity index (χ1) is 9.25. The van der Waals surface area contributed by atoms with Gasteiger partial charge in [-0.2, -0.15) is 0 Å². The van der Waals surface area contributed by atoms with Crippen molar-refractivity contribution in [3.8, 4) is 11.3 Å². The Morgan fingerprint density at radius 1 is 1.21 bits per heavy atom. The number of amides is 1. The zero-order valence-electron chi connectivity index (χ0n) is 10.9. The molecule has 1 aromatic carbocycles. The molecule has 2 aromatic rings. The van der Waals surface area contributed by atoms with Crippen LogP contribution < -0.4 is 0 Å². The maximum Gasteiger partial charge on any atom is 0.266 e. The van der Waals surface area contributed by atoms with Crippen molar-refractivity contribution in [3.63, 3.8) is 0 Å². The number of likely N-dealkylation sites (tertiary alicyclic amines) is 1. The van der Waals surface area contributed by atoms with Gasteiger partial charge >= 0.3 is 0 Å². The number of rotatable bonds is 2. The molecule has 98 valence electrons. The van der Waals surface area contributed by atoms with Gasteiger partial charge in [-0.3, -0.25) is 4.79 Å². The van der Waals surface area contributed by atoms with Gasteiger partial charge in [-0.15, -0.1) is 11.3 Å². The maximum absolute atomic E-state index is 12.6. The lowest BCUT2D eigenvalue weighted by atomic mass is 10.1. The van der Waals surface area contributed by atoms with Crippen LogP contribution in [0.4, 0.5) is 0 Å². The first-order valence-corrected chi connectivity index (χ1v) is 7.39. The summed E-state index contributed by atoms with van der Waals surface area (Å²) in [5.41, 5.74) is 1.86. The molecule has 1 fully saturated rings. The number of aryl methyl sites for hydroxylation is 1. The maximum atomic E-state index is 12.6. The Morgan fingerprint density at radius 2 is 1.89 bits per heavy atom. The molecule has 1 aliphatic rings. The van der Waals surface area contributed by atoms with Crippen molar-refractivity contribution >= 4 is 17.2 Å². The van der Waals surface area contributed by atoms with Crippen LogP contribution in [0.1, 0.15) is 27.5 Å². The van der Waals surface area contributed by atoms with Crippen LogP contribution in [0.3, 0.4) is 0 Å². The van der Waals surface area contributed by atoms with Crippen LogP contribution in [0.5, 0.6) is 0 Å². The average Bonchev–Trinajstić information content (AvgIpc) is 3.08. The molecule has 0 saturated carbocycles. The van der Waals surface area contributed by atoms with E-state index >= 15 is 0 Å². The number of carbonyl (C=O) groups is 1. The summed E-state index contributed by atoms with van der Waals surface area (Å²) in [5, 5.41) is 0.946. The molecule has 0 spiro atoms. The second kappa shape index (κ2) is 5.13. The number of hydrogen-bond acceptors (Lipinski definition) is 3. The van der Waals surface area contributed by atoms with Crippen LogP contribution in [0, 0.1) is 6.92 Å². The molecule has 4 heteroatoms. The van der Waals surface area contributed by atoms with E-state index in [0.29, 0.717) is 0 Å². The number of carbonyl (C=O) groups excluding carboxylic acids is 1. The first-order valence-electron chi connectivity index (χ1n) is 6.58. The lowest BCUT2D eigenvalue weighted by Crippen LogP contribution is -2.27. The van der Waals surface area contributed by atoms with Gasteiger partial charge in [0.25, 0.3) is 5.91 Å². The molecule has 1 amide bonds. The zero-order chi connectivity index (χ0) is 13.2. The van der Waals surface area contributed by atoms with E-state index in [-0.39, 0.29) is 5.91 Å². The van der Waals surface area contributed by atoms with E-state index in [9.17, 15) is 4.79 Å². The number of benzene rings is 1. The fourth-order valence-electron chi connectivity index (χ4n) is 2.43. The van der Waals surface area contributed by atoms with Crippen LogP contribution in [-0.2, 0) is 0 Å². The SMILES string of the molecule is Cc1nc(-c2ccccc2)c(C(=O)N2CCCC2)s1. The van der Waals surface area contributed by atoms with Crippen molar-refractivity contribution in [2.24, 2.45) is 0 Å². The van der Waals surface area contributed by atoms with Crippen LogP contribution in [0.25, 0.3) is 11.3 Å². The predicted octanol–water partition coefficient (Wildman–Crippen LogP) is 3.35. The van der Waals surface area contributed by atoms with Gasteiger partial charge in [-0.25, -0.2) is 4.98 Å². The minimum absolute atomic E-state index is 0.141. The van der Waals surface area contributed by atoms with Gasteiger partial charge in [-0.1, -0.05) is 30.3 Å². The smallest absolute Gasteiger partial charge is 0.266 e. The highest BCUT2D eigenvalue weighted by molar-refractivity contribution is 7.14. The van der Waals surface area contributed by atoms with Crippen molar-refractivity contribution in [2.75, 3.05) is 13.1 Å². The van der Waals surface area contributed by atoms with Crippen molar-refractivity contribution in [2.45, 2.75) is 19.8 Å². The topological polar surface area (TPSA) is 33.2 Å². The highest BCUT2D eigenvalue weighted by Gasteiger charge is 2.25. The molecule has 1 saturated heterocycles. The lowest BCUT2D eigenvalue weighted by Gasteiger charge is -2.14. The Kier molecular flexibility index (Phi) is 3.34. The summed E-state index contributed by atoms with van der Waals surface area (Å²) in [7, 11) is 0. The van der Waals surface area contributed by atoms with Crippen LogP contribution >= 0.6 is 11.3 Å². The van der Waals surface area contributed by atoms with Gasteiger partial charge in [0.1, 0.15) is 4.88 Å². The van der Waals surface area contributed by atoms with Crippen LogP contribution in [0.2, 0.25) is 0 Å². The van der Waals surface area contributed by atoms with Gasteiger partial charge < -0.3 is 4.90 Å². The van der Waals surface area contributed by atoms with Gasteiger partial charge in [-0.05, 0) is 19.8 Å². The molecule has 19 heavy (non-hydrogen) atoms. The van der Waals surface area contributed by atoms with Crippen molar-refractivity contribution < 1.29 is 4.79 Å². The van der Waals surface area contributed by atoms with Crippen molar-refractivity contribution in [1.82, 2.24) is 9.88 Å². The van der Waals surface area contributed by atoms with E-state index in [2.05, 4.69) is 4.98 Å². The van der Waals surface area contributed by atoms with E-state index in [4.69, 9.17) is 0 Å². The normalized spacial score (nSPS) is 14.9. The summed E-state index contributed by atoms with van der Waals surface area (Å²) in [6, 6.07) is 9.96. The van der Waals surface area contributed by atoms with Gasteiger partial charge in [0.15, 0.2) is 0 Å². The molecule has 3 nitrogen and oxygen atoms in total. The third-order valence-electron chi connectivity index (χ3n) is 3.37. The molecule has 3 rings (SSSR count). The summed E-state index contributed by atoms with van der Waals surface area (Å²) in [4.78, 5) is 19.8. The summed E-state index contributed by atoms with van der Waals surface area (Å²) in [5.74, 6) is 0.141. The second-order valence-corrected chi connectivity index (χ2v) is 5.98. The minimum Gasteiger partial charge on any atom is -0.338 e. The summed E-state index contributed by atoms with van der Waals surface area (Å²) in [6.45, 7) is 3.71. The molecular weight excluding hydrogens is 256 g/mol. The second-order valence-electron chi connectivity index (χ2n) is 4.78. The molecule has 0 unspecified atom stereocenters. The van der Waals surface area contributed by atoms with Crippen LogP contribution in [0.15, 0.2) is 30.3 Å². The van der Waals surface area contributed by atoms with Gasteiger partial charge in [0.05, 0.1) is 10.7 Å². The standard InChI is InChI=1S/C15H16N2OS/c1-11-16-13(12-7-3-2-4-8-12)14(19-11)15(18)17-9-5-6-10-17/h2-4,7-8H,5-6,9-10H2,1H3. The Morgan fingerprint density at radius 3 is 2.58 bits per heavy atom. The number of aromatic nitrogens is 1. The van der Waals surface area contributed by atoms with E-state index in [1.807, 2.05) is 42.2 Å². The third-order valence-corrected chi connectivity index (χ3v) is 4.33. The zero-order valence-corrected chi connectivity index (χ0v) is 11.7. The molecule has 2 heterocycles. The van der Waals surface area contributed by atoms with Gasteiger partial charge in [0.2, 0.25) is 0 Å². The third kappa shape index (κ3) is 2.40. The Hall–Kier alpha value is -1.68. The molecule has 0 aliphatic carbocycles. The van der Waals surface area contributed by atoms with E-state index in [1.165, 1.54) is 11.3 Å². The monoisotopic (exact) mass is 272 g/mol. The Labute approximate surface area is 116 Å². The van der Waals surface area contributed by atoms with E-state index in [0.717, 1.165) is 47.1 Å². The highest BCUT2D eigenvalue weighted by Crippen LogP contribution is 2.29. The van der Waals surface area contributed by atoms with Crippen molar-refractivity contribution in [1.29, 1.82) is 0 Å². The molecule has 0 N–H and O–H groups in total. The fourth-order valence-corrected chi connectivity index (χ4v) is 3.34. The van der Waals surface area contributed by atoms with E-state index < -0.39 is 0 Å². The highest BCUT2D eigenvalue weighted by atomic mass is 32.1.